The van der Waals surface area contributed by atoms with Gasteiger partial charge in [-0.15, -0.1) is 0 Å². The second-order valence-corrected chi connectivity index (χ2v) is 5.05. The van der Waals surface area contributed by atoms with Gasteiger partial charge in [0.15, 0.2) is 5.78 Å². The summed E-state index contributed by atoms with van der Waals surface area (Å²) in [6.45, 7) is 0. The summed E-state index contributed by atoms with van der Waals surface area (Å²) in [5.74, 6) is -0.00981. The van der Waals surface area contributed by atoms with Crippen molar-refractivity contribution in [1.82, 2.24) is 4.98 Å². The van der Waals surface area contributed by atoms with Gasteiger partial charge in [-0.2, -0.15) is 0 Å². The molecule has 0 aliphatic heterocycles. The Labute approximate surface area is 110 Å². The van der Waals surface area contributed by atoms with E-state index in [1.54, 1.807) is 36.7 Å². The van der Waals surface area contributed by atoms with Crippen LogP contribution in [0.25, 0.3) is 0 Å². The summed E-state index contributed by atoms with van der Waals surface area (Å²) in [5.41, 5.74) is 1.28. The molecule has 16 heavy (non-hydrogen) atoms. The van der Waals surface area contributed by atoms with Crippen molar-refractivity contribution in [1.29, 1.82) is 0 Å². The Hall–Kier alpha value is -1.000. The second kappa shape index (κ2) is 4.89. The maximum absolute atomic E-state index is 12.1. The van der Waals surface area contributed by atoms with Crippen LogP contribution in [0.15, 0.2) is 51.7 Å². The van der Waals surface area contributed by atoms with E-state index in [0.29, 0.717) is 11.1 Å². The third-order valence-corrected chi connectivity index (χ3v) is 2.98. The zero-order chi connectivity index (χ0) is 11.5. The summed E-state index contributed by atoms with van der Waals surface area (Å²) in [5, 5.41) is 0. The highest BCUT2D eigenvalue weighted by molar-refractivity contribution is 9.11. The van der Waals surface area contributed by atoms with Crippen LogP contribution in [0.1, 0.15) is 15.9 Å². The first-order chi connectivity index (χ1) is 7.66. The summed E-state index contributed by atoms with van der Waals surface area (Å²) in [6, 6.07) is 8.90. The molecule has 0 spiro atoms. The number of carbonyl (C=O) groups excluding carboxylic acids is 1. The van der Waals surface area contributed by atoms with Crippen molar-refractivity contribution in [3.8, 4) is 0 Å². The molecule has 80 valence electrons. The lowest BCUT2D eigenvalue weighted by molar-refractivity contribution is 0.103. The molecule has 1 aromatic carbocycles. The van der Waals surface area contributed by atoms with Gasteiger partial charge in [-0.1, -0.05) is 31.9 Å². The number of nitrogens with zero attached hydrogens (tertiary/aromatic N) is 1. The van der Waals surface area contributed by atoms with Crippen LogP contribution in [-0.4, -0.2) is 10.8 Å². The van der Waals surface area contributed by atoms with Crippen molar-refractivity contribution >= 4 is 37.6 Å². The first-order valence-corrected chi connectivity index (χ1v) is 6.16. The van der Waals surface area contributed by atoms with Gasteiger partial charge in [0.1, 0.15) is 0 Å². The number of pyridine rings is 1. The molecule has 0 aliphatic carbocycles. The van der Waals surface area contributed by atoms with Gasteiger partial charge in [0, 0.05) is 32.5 Å². The van der Waals surface area contributed by atoms with Crippen molar-refractivity contribution in [3.05, 3.63) is 62.8 Å². The van der Waals surface area contributed by atoms with Gasteiger partial charge in [-0.25, -0.2) is 0 Å². The maximum atomic E-state index is 12.1. The van der Waals surface area contributed by atoms with Crippen LogP contribution in [0.2, 0.25) is 0 Å². The van der Waals surface area contributed by atoms with Crippen LogP contribution in [-0.2, 0) is 0 Å². The molecule has 2 aromatic rings. The van der Waals surface area contributed by atoms with E-state index >= 15 is 0 Å². The van der Waals surface area contributed by atoms with E-state index in [0.717, 1.165) is 8.95 Å². The lowest BCUT2D eigenvalue weighted by atomic mass is 10.1. The monoisotopic (exact) mass is 339 g/mol. The Morgan fingerprint density at radius 2 is 1.50 bits per heavy atom. The SMILES string of the molecule is O=C(c1ccncc1)c1cc(Br)cc(Br)c1. The zero-order valence-corrected chi connectivity index (χ0v) is 11.3. The van der Waals surface area contributed by atoms with E-state index in [-0.39, 0.29) is 5.78 Å². The Morgan fingerprint density at radius 1 is 0.938 bits per heavy atom. The van der Waals surface area contributed by atoms with E-state index in [1.807, 2.05) is 6.07 Å². The highest BCUT2D eigenvalue weighted by Gasteiger charge is 2.09. The minimum atomic E-state index is -0.00981. The second-order valence-electron chi connectivity index (χ2n) is 3.22. The first-order valence-electron chi connectivity index (χ1n) is 4.57. The zero-order valence-electron chi connectivity index (χ0n) is 8.15. The fraction of sp³-hybridized carbons (Fsp3) is 0. The minimum Gasteiger partial charge on any atom is -0.289 e. The molecule has 0 unspecified atom stereocenters. The summed E-state index contributed by atoms with van der Waals surface area (Å²) in [7, 11) is 0. The van der Waals surface area contributed by atoms with Crippen molar-refractivity contribution in [2.75, 3.05) is 0 Å². The first kappa shape index (κ1) is 11.5. The number of carbonyl (C=O) groups is 1. The predicted octanol–water partition coefficient (Wildman–Crippen LogP) is 3.84. The van der Waals surface area contributed by atoms with Gasteiger partial charge in [0.05, 0.1) is 0 Å². The minimum absolute atomic E-state index is 0.00981. The largest absolute Gasteiger partial charge is 0.289 e. The molecular formula is C12H7Br2NO. The molecule has 1 heterocycles. The fourth-order valence-corrected chi connectivity index (χ4v) is 2.65. The lowest BCUT2D eigenvalue weighted by Crippen LogP contribution is -2.01. The number of hydrogen-bond acceptors (Lipinski definition) is 2. The van der Waals surface area contributed by atoms with Crippen LogP contribution in [0.4, 0.5) is 0 Å². The third-order valence-electron chi connectivity index (χ3n) is 2.07. The molecule has 0 fully saturated rings. The van der Waals surface area contributed by atoms with Crippen LogP contribution in [0.5, 0.6) is 0 Å². The van der Waals surface area contributed by atoms with Gasteiger partial charge in [0.25, 0.3) is 0 Å². The number of halogens is 2. The molecule has 2 nitrogen and oxygen atoms in total. The van der Waals surface area contributed by atoms with Gasteiger partial charge in [0.2, 0.25) is 0 Å². The van der Waals surface area contributed by atoms with Crippen molar-refractivity contribution in [2.24, 2.45) is 0 Å². The Morgan fingerprint density at radius 3 is 2.06 bits per heavy atom. The lowest BCUT2D eigenvalue weighted by Gasteiger charge is -2.02. The number of rotatable bonds is 2. The molecule has 0 saturated carbocycles. The van der Waals surface area contributed by atoms with Crippen LogP contribution < -0.4 is 0 Å². The summed E-state index contributed by atoms with van der Waals surface area (Å²) in [4.78, 5) is 16.0. The van der Waals surface area contributed by atoms with E-state index in [9.17, 15) is 4.79 Å². The molecule has 0 aliphatic rings. The molecule has 0 amide bonds. The molecule has 4 heteroatoms. The van der Waals surface area contributed by atoms with Gasteiger partial charge in [-0.3, -0.25) is 9.78 Å². The number of aromatic nitrogens is 1. The highest BCUT2D eigenvalue weighted by Crippen LogP contribution is 2.21. The number of benzene rings is 1. The van der Waals surface area contributed by atoms with E-state index in [1.165, 1.54) is 0 Å². The third kappa shape index (κ3) is 2.57. The standard InChI is InChI=1S/C12H7Br2NO/c13-10-5-9(6-11(14)7-10)12(16)8-1-3-15-4-2-8/h1-7H. The van der Waals surface area contributed by atoms with Crippen molar-refractivity contribution < 1.29 is 4.79 Å². The number of hydrogen-bond donors (Lipinski definition) is 0. The fourth-order valence-electron chi connectivity index (χ4n) is 1.35. The van der Waals surface area contributed by atoms with Gasteiger partial charge < -0.3 is 0 Å². The maximum Gasteiger partial charge on any atom is 0.193 e. The summed E-state index contributed by atoms with van der Waals surface area (Å²) < 4.78 is 1.75. The molecule has 2 rings (SSSR count). The molecule has 0 atom stereocenters. The molecule has 1 aromatic heterocycles. The Balaban J connectivity index is 2.42. The highest BCUT2D eigenvalue weighted by atomic mass is 79.9. The van der Waals surface area contributed by atoms with Gasteiger partial charge >= 0.3 is 0 Å². The molecule has 0 radical (unpaired) electrons. The molecule has 0 bridgehead atoms. The summed E-state index contributed by atoms with van der Waals surface area (Å²) in [6.07, 6.45) is 3.22. The van der Waals surface area contributed by atoms with E-state index in [2.05, 4.69) is 36.8 Å². The average molecular weight is 341 g/mol. The molecule has 0 N–H and O–H groups in total. The average Bonchev–Trinajstić information content (AvgIpc) is 2.28. The summed E-state index contributed by atoms with van der Waals surface area (Å²) >= 11 is 6.72. The Bertz CT molecular complexity index is 506. The van der Waals surface area contributed by atoms with Crippen LogP contribution >= 0.6 is 31.9 Å². The van der Waals surface area contributed by atoms with Crippen LogP contribution in [0.3, 0.4) is 0 Å². The van der Waals surface area contributed by atoms with Crippen LogP contribution in [0, 0.1) is 0 Å². The van der Waals surface area contributed by atoms with Crippen molar-refractivity contribution in [3.63, 3.8) is 0 Å². The van der Waals surface area contributed by atoms with Crippen molar-refractivity contribution in [2.45, 2.75) is 0 Å². The molecular weight excluding hydrogens is 334 g/mol. The smallest absolute Gasteiger partial charge is 0.193 e. The topological polar surface area (TPSA) is 30.0 Å². The predicted molar refractivity (Wildman–Crippen MR) is 69.5 cm³/mol. The van der Waals surface area contributed by atoms with E-state index < -0.39 is 0 Å². The quantitative estimate of drug-likeness (QED) is 0.777. The number of ketones is 1. The van der Waals surface area contributed by atoms with Gasteiger partial charge in [-0.05, 0) is 30.3 Å². The molecule has 0 saturated heterocycles. The normalized spacial score (nSPS) is 10.1. The Kier molecular flexibility index (Phi) is 3.51. The van der Waals surface area contributed by atoms with E-state index in [4.69, 9.17) is 0 Å².